The molecule has 4 aliphatic rings. The van der Waals surface area contributed by atoms with Gasteiger partial charge in [0, 0.05) is 5.92 Å². The van der Waals surface area contributed by atoms with Gasteiger partial charge in [-0.3, -0.25) is 0 Å². The van der Waals surface area contributed by atoms with Gasteiger partial charge in [0.25, 0.3) is 0 Å². The molecule has 4 aliphatic carbocycles. The van der Waals surface area contributed by atoms with E-state index in [1.54, 1.807) is 0 Å². The molecule has 48 heavy (non-hydrogen) atoms. The van der Waals surface area contributed by atoms with Gasteiger partial charge < -0.3 is 31.8 Å². The first kappa shape index (κ1) is 45.8. The zero-order valence-electron chi connectivity index (χ0n) is 29.5. The van der Waals surface area contributed by atoms with Crippen molar-refractivity contribution in [1.29, 1.82) is 0 Å². The minimum atomic E-state index is -0.327. The largest absolute Gasteiger partial charge is 4.00 e. The molecule has 2 aromatic carbocycles. The third-order valence-corrected chi connectivity index (χ3v) is 10.1. The van der Waals surface area contributed by atoms with Crippen LogP contribution < -0.4 is 0 Å². The average molecular weight is 700 g/mol. The van der Waals surface area contributed by atoms with Crippen LogP contribution in [0.5, 0.6) is 0 Å². The van der Waals surface area contributed by atoms with Gasteiger partial charge in [-0.15, -0.1) is 12.0 Å². The van der Waals surface area contributed by atoms with Crippen LogP contribution in [0.15, 0.2) is 98.1 Å². The molecule has 0 aliphatic heterocycles. The summed E-state index contributed by atoms with van der Waals surface area (Å²) in [6, 6.07) is 20.3. The third kappa shape index (κ3) is 14.7. The quantitative estimate of drug-likeness (QED) is 0.178. The number of nitrogens with one attached hydrogen (secondary N) is 1. The molecule has 1 N–H and O–H groups in total. The SMILES string of the molecule is C1=CC2[CH-]C3CCCCC3C2C=C1.C=C(C(=C)c1ccccc1)c1ccccc1.[CH3-].[CH3-].[NH-]C(=O)C1CCCCCCCCCCC1.[SiH4].[Ti+4]. The summed E-state index contributed by atoms with van der Waals surface area (Å²) in [5.74, 6) is 3.28. The van der Waals surface area contributed by atoms with E-state index >= 15 is 0 Å². The van der Waals surface area contributed by atoms with Gasteiger partial charge in [-0.25, -0.2) is 0 Å². The fourth-order valence-corrected chi connectivity index (χ4v) is 7.51. The normalized spacial score (nSPS) is 23.2. The van der Waals surface area contributed by atoms with Gasteiger partial charge in [0.2, 0.25) is 0 Å². The molecule has 0 spiro atoms. The monoisotopic (exact) mass is 699 g/mol. The van der Waals surface area contributed by atoms with E-state index in [0.29, 0.717) is 0 Å². The van der Waals surface area contributed by atoms with Crippen LogP contribution >= 0.6 is 0 Å². The van der Waals surface area contributed by atoms with Crippen molar-refractivity contribution >= 4 is 28.0 Å². The molecule has 0 radical (unpaired) electrons. The Morgan fingerprint density at radius 2 is 1.04 bits per heavy atom. The van der Waals surface area contributed by atoms with Gasteiger partial charge in [-0.05, 0) is 52.0 Å². The maximum Gasteiger partial charge on any atom is 4.00 e. The molecule has 2 aromatic rings. The van der Waals surface area contributed by atoms with Crippen molar-refractivity contribution in [2.24, 2.45) is 29.6 Å². The Labute approximate surface area is 315 Å². The van der Waals surface area contributed by atoms with Crippen LogP contribution in [0.3, 0.4) is 0 Å². The molecule has 4 unspecified atom stereocenters. The standard InChI is InChI=1S/C16H14.C13H25NO.C13H17.2CH3.H4Si.Ti/c1-13(15-9-5-3-6-10-15)14(2)16-11-7-4-8-12-16;14-13(15)12-10-8-6-4-2-1-3-5-7-9-11-12;1-3-7-12-10(5-1)9-11-6-2-4-8-13(11)12;;;;/h3-12H,1-2H2;12H,1-11H2,(H2,14,15);1,3,5,7,9-13H,2,4,6,8H2;2*1H3;1H4;/q;;3*-1;;+4/p-1. The topological polar surface area (TPSA) is 40.9 Å². The first-order valence-electron chi connectivity index (χ1n) is 17.5. The number of allylic oxidation sites excluding steroid dienone is 6. The molecule has 1 amide bonds. The number of amides is 1. The summed E-state index contributed by atoms with van der Waals surface area (Å²) in [7, 11) is 0. The summed E-state index contributed by atoms with van der Waals surface area (Å²) in [5.41, 5.74) is 11.4. The van der Waals surface area contributed by atoms with Gasteiger partial charge in [0.05, 0.1) is 5.91 Å². The van der Waals surface area contributed by atoms with Crippen molar-refractivity contribution in [2.75, 3.05) is 0 Å². The number of benzene rings is 2. The maximum absolute atomic E-state index is 11.1. The second-order valence-electron chi connectivity index (χ2n) is 13.2. The summed E-state index contributed by atoms with van der Waals surface area (Å²) in [4.78, 5) is 11.1. The number of hydrogen-bond donors (Lipinski definition) is 0. The van der Waals surface area contributed by atoms with E-state index in [-0.39, 0.29) is 59.4 Å². The minimum absolute atomic E-state index is 0. The van der Waals surface area contributed by atoms with Crippen molar-refractivity contribution in [2.45, 2.75) is 96.3 Å². The maximum atomic E-state index is 11.1. The Bertz CT molecular complexity index is 1160. The van der Waals surface area contributed by atoms with E-state index in [1.807, 2.05) is 36.4 Å². The molecule has 4 atom stereocenters. The number of carbonyl (C=O) groups excluding carboxylic acids is 1. The van der Waals surface area contributed by atoms with E-state index in [0.717, 1.165) is 71.6 Å². The summed E-state index contributed by atoms with van der Waals surface area (Å²) in [6.45, 7) is 8.20. The predicted octanol–water partition coefficient (Wildman–Crippen LogP) is 11.7. The van der Waals surface area contributed by atoms with Crippen LogP contribution in [0, 0.1) is 50.9 Å². The second kappa shape index (κ2) is 25.7. The fraction of sp³-hybridized carbons (Fsp3) is 0.455. The van der Waals surface area contributed by atoms with Crippen LogP contribution in [-0.2, 0) is 26.5 Å². The van der Waals surface area contributed by atoms with Crippen LogP contribution in [0.2, 0.25) is 0 Å². The van der Waals surface area contributed by atoms with Crippen molar-refractivity contribution in [3.05, 3.63) is 136 Å². The number of rotatable bonds is 4. The molecule has 4 heteroatoms. The molecular formula is C44H65NOSiTi. The summed E-state index contributed by atoms with van der Waals surface area (Å²) in [6.07, 6.45) is 31.2. The third-order valence-electron chi connectivity index (χ3n) is 10.1. The van der Waals surface area contributed by atoms with Gasteiger partial charge in [-0.2, -0.15) is 5.92 Å². The van der Waals surface area contributed by atoms with Crippen molar-refractivity contribution < 1.29 is 26.5 Å². The molecule has 3 saturated carbocycles. The van der Waals surface area contributed by atoms with E-state index < -0.39 is 0 Å². The van der Waals surface area contributed by atoms with E-state index in [2.05, 4.69) is 68.1 Å². The van der Waals surface area contributed by atoms with Gasteiger partial charge in [-0.1, -0.05) is 181 Å². The molecule has 0 aromatic heterocycles. The molecule has 0 heterocycles. The number of fused-ring (bicyclic) bond motifs is 3. The first-order valence-corrected chi connectivity index (χ1v) is 17.5. The molecule has 260 valence electrons. The first-order chi connectivity index (χ1) is 21.5. The van der Waals surface area contributed by atoms with Crippen LogP contribution in [0.25, 0.3) is 16.9 Å². The smallest absolute Gasteiger partial charge is 0.668 e. The summed E-state index contributed by atoms with van der Waals surface area (Å²) in [5, 5.41) is 0. The average Bonchev–Trinajstić information content (AvgIpc) is 3.44. The summed E-state index contributed by atoms with van der Waals surface area (Å²) >= 11 is 0. The van der Waals surface area contributed by atoms with Crippen molar-refractivity contribution in [1.82, 2.24) is 0 Å². The zero-order chi connectivity index (χ0) is 31.0. The Kier molecular flexibility index (Phi) is 24.5. The Hall–Kier alpha value is -2.20. The molecule has 0 bridgehead atoms. The Balaban J connectivity index is 0.000000665. The predicted molar refractivity (Wildman–Crippen MR) is 214 cm³/mol. The summed E-state index contributed by atoms with van der Waals surface area (Å²) < 4.78 is 0. The van der Waals surface area contributed by atoms with Crippen molar-refractivity contribution in [3.63, 3.8) is 0 Å². The fourth-order valence-electron chi connectivity index (χ4n) is 7.51. The second-order valence-corrected chi connectivity index (χ2v) is 13.2. The van der Waals surface area contributed by atoms with E-state index in [4.69, 9.17) is 5.73 Å². The Morgan fingerprint density at radius 1 is 0.625 bits per heavy atom. The zero-order valence-corrected chi connectivity index (χ0v) is 31.0. The molecule has 0 saturated heterocycles. The van der Waals surface area contributed by atoms with E-state index in [1.165, 1.54) is 70.6 Å². The molecule has 2 nitrogen and oxygen atoms in total. The van der Waals surface area contributed by atoms with Gasteiger partial charge >= 0.3 is 21.7 Å². The minimum Gasteiger partial charge on any atom is -0.668 e. The number of carbonyl (C=O) groups is 1. The molecule has 6 rings (SSSR count). The van der Waals surface area contributed by atoms with Gasteiger partial charge in [0.1, 0.15) is 0 Å². The van der Waals surface area contributed by atoms with Crippen LogP contribution in [0.4, 0.5) is 0 Å². The molecule has 3 fully saturated rings. The van der Waals surface area contributed by atoms with E-state index in [9.17, 15) is 4.79 Å². The number of hydrogen-bond acceptors (Lipinski definition) is 1. The Morgan fingerprint density at radius 3 is 1.52 bits per heavy atom. The van der Waals surface area contributed by atoms with Crippen LogP contribution in [-0.4, -0.2) is 16.9 Å². The molecular weight excluding hydrogens is 634 g/mol. The van der Waals surface area contributed by atoms with Crippen LogP contribution in [0.1, 0.15) is 107 Å². The van der Waals surface area contributed by atoms with Crippen molar-refractivity contribution in [3.8, 4) is 0 Å². The van der Waals surface area contributed by atoms with Gasteiger partial charge in [0.15, 0.2) is 0 Å².